The van der Waals surface area contributed by atoms with Crippen molar-refractivity contribution in [1.82, 2.24) is 9.88 Å². The number of hydrogen-bond acceptors (Lipinski definition) is 2. The maximum atomic E-state index is 12.2. The van der Waals surface area contributed by atoms with Crippen LogP contribution in [0.3, 0.4) is 0 Å². The van der Waals surface area contributed by atoms with Gasteiger partial charge in [-0.1, -0.05) is 6.07 Å². The SMILES string of the molecule is CC(O)CCN(C)C(=O)c1ccc2cc[nH]c2c1. The molecule has 4 heteroatoms. The van der Waals surface area contributed by atoms with Crippen LogP contribution in [-0.2, 0) is 0 Å². The van der Waals surface area contributed by atoms with Gasteiger partial charge in [-0.05, 0) is 36.9 Å². The van der Waals surface area contributed by atoms with Gasteiger partial charge in [-0.2, -0.15) is 0 Å². The molecule has 18 heavy (non-hydrogen) atoms. The molecule has 0 aliphatic heterocycles. The third-order valence-electron chi connectivity index (χ3n) is 3.03. The molecule has 0 saturated heterocycles. The van der Waals surface area contributed by atoms with E-state index in [1.807, 2.05) is 30.5 Å². The van der Waals surface area contributed by atoms with E-state index in [1.54, 1.807) is 18.9 Å². The number of benzene rings is 1. The lowest BCUT2D eigenvalue weighted by Crippen LogP contribution is -2.29. The van der Waals surface area contributed by atoms with Crippen molar-refractivity contribution in [2.45, 2.75) is 19.4 Å². The van der Waals surface area contributed by atoms with Crippen LogP contribution in [0.2, 0.25) is 0 Å². The van der Waals surface area contributed by atoms with E-state index in [-0.39, 0.29) is 12.0 Å². The molecule has 0 aliphatic rings. The van der Waals surface area contributed by atoms with Gasteiger partial charge < -0.3 is 15.0 Å². The summed E-state index contributed by atoms with van der Waals surface area (Å²) in [6.07, 6.45) is 2.06. The monoisotopic (exact) mass is 246 g/mol. The Morgan fingerprint density at radius 2 is 2.22 bits per heavy atom. The molecule has 0 aliphatic carbocycles. The lowest BCUT2D eigenvalue weighted by molar-refractivity contribution is 0.0769. The maximum Gasteiger partial charge on any atom is 0.253 e. The number of aromatic nitrogens is 1. The Bertz CT molecular complexity index is 545. The fourth-order valence-electron chi connectivity index (χ4n) is 1.88. The van der Waals surface area contributed by atoms with E-state index in [2.05, 4.69) is 4.98 Å². The van der Waals surface area contributed by atoms with Gasteiger partial charge in [-0.3, -0.25) is 4.79 Å². The molecular weight excluding hydrogens is 228 g/mol. The minimum absolute atomic E-state index is 0.0212. The second-order valence-corrected chi connectivity index (χ2v) is 4.64. The molecule has 0 bridgehead atoms. The lowest BCUT2D eigenvalue weighted by Gasteiger charge is -2.18. The summed E-state index contributed by atoms with van der Waals surface area (Å²) in [5, 5.41) is 10.3. The molecule has 2 rings (SSSR count). The van der Waals surface area contributed by atoms with E-state index in [4.69, 9.17) is 0 Å². The Labute approximate surface area is 106 Å². The highest BCUT2D eigenvalue weighted by molar-refractivity contribution is 5.97. The number of nitrogens with one attached hydrogen (secondary N) is 1. The number of carbonyl (C=O) groups is 1. The summed E-state index contributed by atoms with van der Waals surface area (Å²) in [7, 11) is 1.75. The topological polar surface area (TPSA) is 56.3 Å². The first-order valence-corrected chi connectivity index (χ1v) is 6.08. The van der Waals surface area contributed by atoms with E-state index in [0.717, 1.165) is 10.9 Å². The molecule has 1 unspecified atom stereocenters. The minimum Gasteiger partial charge on any atom is -0.393 e. The first-order valence-electron chi connectivity index (χ1n) is 6.08. The molecule has 1 heterocycles. The average molecular weight is 246 g/mol. The average Bonchev–Trinajstić information content (AvgIpc) is 2.81. The summed E-state index contributed by atoms with van der Waals surface area (Å²) < 4.78 is 0. The molecule has 0 radical (unpaired) electrons. The summed E-state index contributed by atoms with van der Waals surface area (Å²) in [6.45, 7) is 2.28. The van der Waals surface area contributed by atoms with Gasteiger partial charge in [0.2, 0.25) is 0 Å². The Morgan fingerprint density at radius 3 is 2.94 bits per heavy atom. The number of hydrogen-bond donors (Lipinski definition) is 2. The predicted octanol–water partition coefficient (Wildman–Crippen LogP) is 2.01. The molecule has 1 aromatic carbocycles. The van der Waals surface area contributed by atoms with Gasteiger partial charge in [0.1, 0.15) is 0 Å². The van der Waals surface area contributed by atoms with Crippen molar-refractivity contribution in [3.05, 3.63) is 36.0 Å². The van der Waals surface area contributed by atoms with Crippen LogP contribution < -0.4 is 0 Å². The van der Waals surface area contributed by atoms with Gasteiger partial charge in [-0.25, -0.2) is 0 Å². The van der Waals surface area contributed by atoms with E-state index in [0.29, 0.717) is 18.5 Å². The Kier molecular flexibility index (Phi) is 3.67. The number of rotatable bonds is 4. The summed E-state index contributed by atoms with van der Waals surface area (Å²) in [5.74, 6) is -0.0212. The van der Waals surface area contributed by atoms with Crippen molar-refractivity contribution in [2.75, 3.05) is 13.6 Å². The number of H-pyrrole nitrogens is 1. The van der Waals surface area contributed by atoms with Crippen molar-refractivity contribution in [3.63, 3.8) is 0 Å². The van der Waals surface area contributed by atoms with Gasteiger partial charge in [0.15, 0.2) is 0 Å². The number of nitrogens with zero attached hydrogens (tertiary/aromatic N) is 1. The van der Waals surface area contributed by atoms with Crippen molar-refractivity contribution in [1.29, 1.82) is 0 Å². The predicted molar refractivity (Wildman–Crippen MR) is 71.6 cm³/mol. The smallest absolute Gasteiger partial charge is 0.253 e. The van der Waals surface area contributed by atoms with Crippen LogP contribution in [-0.4, -0.2) is 40.6 Å². The second-order valence-electron chi connectivity index (χ2n) is 4.64. The summed E-state index contributed by atoms with van der Waals surface area (Å²) >= 11 is 0. The van der Waals surface area contributed by atoms with Crippen molar-refractivity contribution < 1.29 is 9.90 Å². The second kappa shape index (κ2) is 5.23. The molecule has 0 fully saturated rings. The van der Waals surface area contributed by atoms with Gasteiger partial charge in [0.05, 0.1) is 6.10 Å². The molecule has 2 aromatic rings. The fraction of sp³-hybridized carbons (Fsp3) is 0.357. The van der Waals surface area contributed by atoms with E-state index < -0.39 is 0 Å². The molecule has 96 valence electrons. The number of fused-ring (bicyclic) bond motifs is 1. The summed E-state index contributed by atoms with van der Waals surface area (Å²) in [5.41, 5.74) is 1.63. The van der Waals surface area contributed by atoms with Crippen LogP contribution in [0.5, 0.6) is 0 Å². The largest absolute Gasteiger partial charge is 0.393 e. The third-order valence-corrected chi connectivity index (χ3v) is 3.03. The number of aliphatic hydroxyl groups is 1. The molecular formula is C14H18N2O2. The van der Waals surface area contributed by atoms with Gasteiger partial charge in [0, 0.05) is 30.9 Å². The highest BCUT2D eigenvalue weighted by Gasteiger charge is 2.12. The van der Waals surface area contributed by atoms with Gasteiger partial charge in [0.25, 0.3) is 5.91 Å². The van der Waals surface area contributed by atoms with E-state index >= 15 is 0 Å². The maximum absolute atomic E-state index is 12.2. The van der Waals surface area contributed by atoms with Crippen LogP contribution >= 0.6 is 0 Å². The first kappa shape index (κ1) is 12.6. The summed E-state index contributed by atoms with van der Waals surface area (Å²) in [6, 6.07) is 7.59. The van der Waals surface area contributed by atoms with E-state index in [9.17, 15) is 9.90 Å². The third kappa shape index (κ3) is 2.71. The van der Waals surface area contributed by atoms with Crippen LogP contribution in [0.25, 0.3) is 10.9 Å². The Balaban J connectivity index is 2.12. The number of amides is 1. The fourth-order valence-corrected chi connectivity index (χ4v) is 1.88. The first-order chi connectivity index (χ1) is 8.58. The van der Waals surface area contributed by atoms with Crippen LogP contribution in [0, 0.1) is 0 Å². The zero-order valence-electron chi connectivity index (χ0n) is 10.7. The van der Waals surface area contributed by atoms with Crippen molar-refractivity contribution in [2.24, 2.45) is 0 Å². The Morgan fingerprint density at radius 1 is 1.44 bits per heavy atom. The van der Waals surface area contributed by atoms with Crippen LogP contribution in [0.1, 0.15) is 23.7 Å². The molecule has 0 spiro atoms. The Hall–Kier alpha value is -1.81. The molecule has 1 aromatic heterocycles. The van der Waals surface area contributed by atoms with Crippen molar-refractivity contribution in [3.8, 4) is 0 Å². The highest BCUT2D eigenvalue weighted by atomic mass is 16.3. The zero-order chi connectivity index (χ0) is 13.1. The van der Waals surface area contributed by atoms with Gasteiger partial charge >= 0.3 is 0 Å². The lowest BCUT2D eigenvalue weighted by atomic mass is 10.1. The molecule has 1 atom stereocenters. The number of aliphatic hydroxyl groups excluding tert-OH is 1. The minimum atomic E-state index is -0.383. The molecule has 1 amide bonds. The van der Waals surface area contributed by atoms with E-state index in [1.165, 1.54) is 0 Å². The molecule has 2 N–H and O–H groups in total. The van der Waals surface area contributed by atoms with Crippen LogP contribution in [0.4, 0.5) is 0 Å². The quantitative estimate of drug-likeness (QED) is 0.867. The zero-order valence-corrected chi connectivity index (χ0v) is 10.7. The highest BCUT2D eigenvalue weighted by Crippen LogP contribution is 2.15. The van der Waals surface area contributed by atoms with Crippen molar-refractivity contribution >= 4 is 16.8 Å². The molecule has 4 nitrogen and oxygen atoms in total. The summed E-state index contributed by atoms with van der Waals surface area (Å²) in [4.78, 5) is 16.9. The number of aromatic amines is 1. The van der Waals surface area contributed by atoms with Gasteiger partial charge in [-0.15, -0.1) is 0 Å². The standard InChI is InChI=1S/C14H18N2O2/c1-10(17)6-8-16(2)14(18)12-4-3-11-5-7-15-13(11)9-12/h3-5,7,9-10,15,17H,6,8H2,1-2H3. The molecule has 0 saturated carbocycles. The normalized spacial score (nSPS) is 12.6. The number of carbonyl (C=O) groups excluding carboxylic acids is 1. The van der Waals surface area contributed by atoms with Crippen LogP contribution in [0.15, 0.2) is 30.5 Å².